The Labute approximate surface area is 180 Å². The molecule has 0 amide bonds. The van der Waals surface area contributed by atoms with Gasteiger partial charge in [0.05, 0.1) is 22.3 Å². The van der Waals surface area contributed by atoms with Gasteiger partial charge in [-0.1, -0.05) is 59.6 Å². The van der Waals surface area contributed by atoms with Gasteiger partial charge in [-0.05, 0) is 48.6 Å². The molecule has 0 radical (unpaired) electrons. The van der Waals surface area contributed by atoms with Crippen LogP contribution in [-0.2, 0) is 4.79 Å². The fourth-order valence-electron chi connectivity index (χ4n) is 2.91. The zero-order valence-electron chi connectivity index (χ0n) is 15.8. The molecule has 150 valence electrons. The van der Waals surface area contributed by atoms with E-state index in [0.29, 0.717) is 29.0 Å². The molecule has 1 N–H and O–H groups in total. The van der Waals surface area contributed by atoms with Crippen molar-refractivity contribution in [1.29, 1.82) is 0 Å². The second-order valence-electron chi connectivity index (χ2n) is 6.63. The third-order valence-electron chi connectivity index (χ3n) is 4.41. The Bertz CT molecular complexity index is 977. The first-order chi connectivity index (χ1) is 14.0. The van der Waals surface area contributed by atoms with Crippen molar-refractivity contribution in [2.24, 2.45) is 0 Å². The van der Waals surface area contributed by atoms with E-state index >= 15 is 0 Å². The van der Waals surface area contributed by atoms with Crippen molar-refractivity contribution in [1.82, 2.24) is 4.98 Å². The van der Waals surface area contributed by atoms with E-state index in [1.54, 1.807) is 6.07 Å². The molecule has 0 unspecified atom stereocenters. The number of carbonyl (C=O) groups is 1. The number of hydrogen-bond acceptors (Lipinski definition) is 3. The van der Waals surface area contributed by atoms with E-state index in [4.69, 9.17) is 33.0 Å². The summed E-state index contributed by atoms with van der Waals surface area (Å²) in [6.07, 6.45) is 2.39. The summed E-state index contributed by atoms with van der Waals surface area (Å²) in [7, 11) is 0. The van der Waals surface area contributed by atoms with Crippen molar-refractivity contribution in [3.63, 3.8) is 0 Å². The Morgan fingerprint density at radius 3 is 2.38 bits per heavy atom. The first-order valence-corrected chi connectivity index (χ1v) is 10.2. The predicted molar refractivity (Wildman–Crippen MR) is 117 cm³/mol. The molecule has 3 rings (SSSR count). The molecule has 0 saturated carbocycles. The van der Waals surface area contributed by atoms with Gasteiger partial charge in [0.2, 0.25) is 5.88 Å². The van der Waals surface area contributed by atoms with E-state index in [2.05, 4.69) is 4.98 Å². The zero-order valence-corrected chi connectivity index (χ0v) is 17.3. The van der Waals surface area contributed by atoms with Crippen molar-refractivity contribution in [2.45, 2.75) is 25.7 Å². The minimum atomic E-state index is -0.769. The number of halogens is 2. The molecule has 0 atom stereocenters. The maximum Gasteiger partial charge on any atom is 0.303 e. The van der Waals surface area contributed by atoms with Crippen LogP contribution in [0.15, 0.2) is 60.7 Å². The molecule has 1 heterocycles. The average molecular weight is 430 g/mol. The van der Waals surface area contributed by atoms with Crippen molar-refractivity contribution in [2.75, 3.05) is 6.61 Å². The normalized spacial score (nSPS) is 10.7. The number of unbranched alkanes of at least 4 members (excludes halogenated alkanes) is 2. The zero-order chi connectivity index (χ0) is 20.6. The molecule has 0 saturated heterocycles. The Kier molecular flexibility index (Phi) is 7.50. The predicted octanol–water partition coefficient (Wildman–Crippen LogP) is 6.75. The van der Waals surface area contributed by atoms with Gasteiger partial charge in [-0.3, -0.25) is 4.79 Å². The summed E-state index contributed by atoms with van der Waals surface area (Å²) < 4.78 is 5.87. The quantitative estimate of drug-likeness (QED) is 0.382. The number of carboxylic acids is 1. The summed E-state index contributed by atoms with van der Waals surface area (Å²) >= 11 is 12.2. The molecular formula is C23H21Cl2NO3. The Morgan fingerprint density at radius 2 is 1.66 bits per heavy atom. The van der Waals surface area contributed by atoms with Gasteiger partial charge >= 0.3 is 5.97 Å². The number of ether oxygens (including phenoxy) is 1. The van der Waals surface area contributed by atoms with Crippen LogP contribution in [0.2, 0.25) is 10.0 Å². The average Bonchev–Trinajstić information content (AvgIpc) is 2.73. The van der Waals surface area contributed by atoms with Crippen molar-refractivity contribution in [3.8, 4) is 28.3 Å². The van der Waals surface area contributed by atoms with Crippen LogP contribution >= 0.6 is 23.2 Å². The second kappa shape index (κ2) is 10.3. The van der Waals surface area contributed by atoms with Crippen LogP contribution in [-0.4, -0.2) is 22.7 Å². The molecule has 2 aromatic carbocycles. The van der Waals surface area contributed by atoms with Crippen LogP contribution in [0, 0.1) is 0 Å². The highest BCUT2D eigenvalue weighted by molar-refractivity contribution is 6.42. The Hall–Kier alpha value is -2.56. The Morgan fingerprint density at radius 1 is 0.862 bits per heavy atom. The minimum Gasteiger partial charge on any atom is -0.481 e. The lowest BCUT2D eigenvalue weighted by Gasteiger charge is -2.11. The summed E-state index contributed by atoms with van der Waals surface area (Å²) in [5.41, 5.74) is 3.64. The van der Waals surface area contributed by atoms with E-state index in [1.165, 1.54) is 0 Å². The van der Waals surface area contributed by atoms with Crippen LogP contribution in [0.3, 0.4) is 0 Å². The van der Waals surface area contributed by atoms with Gasteiger partial charge in [-0.2, -0.15) is 0 Å². The molecular weight excluding hydrogens is 409 g/mol. The first kappa shape index (κ1) is 21.2. The van der Waals surface area contributed by atoms with Crippen molar-refractivity contribution < 1.29 is 14.6 Å². The monoisotopic (exact) mass is 429 g/mol. The van der Waals surface area contributed by atoms with Gasteiger partial charge in [0.25, 0.3) is 0 Å². The maximum absolute atomic E-state index is 10.6. The Balaban J connectivity index is 1.81. The van der Waals surface area contributed by atoms with Gasteiger partial charge in [-0.15, -0.1) is 0 Å². The van der Waals surface area contributed by atoms with Gasteiger partial charge < -0.3 is 9.84 Å². The molecule has 0 aliphatic heterocycles. The van der Waals surface area contributed by atoms with Crippen LogP contribution in [0.25, 0.3) is 22.4 Å². The summed E-state index contributed by atoms with van der Waals surface area (Å²) in [5.74, 6) is -0.250. The topological polar surface area (TPSA) is 59.4 Å². The SMILES string of the molecule is O=C(O)CCCCCOc1cc(-c2ccc(Cl)c(Cl)c2)cc(-c2ccccc2)n1. The number of aliphatic carboxylic acids is 1. The molecule has 4 nitrogen and oxygen atoms in total. The van der Waals surface area contributed by atoms with E-state index in [1.807, 2.05) is 54.6 Å². The minimum absolute atomic E-state index is 0.184. The van der Waals surface area contributed by atoms with Gasteiger partial charge in [0.1, 0.15) is 0 Å². The lowest BCUT2D eigenvalue weighted by molar-refractivity contribution is -0.137. The summed E-state index contributed by atoms with van der Waals surface area (Å²) in [4.78, 5) is 15.2. The highest BCUT2D eigenvalue weighted by atomic mass is 35.5. The highest BCUT2D eigenvalue weighted by Gasteiger charge is 2.09. The molecule has 0 bridgehead atoms. The van der Waals surface area contributed by atoms with Crippen LogP contribution in [0.1, 0.15) is 25.7 Å². The summed E-state index contributed by atoms with van der Waals surface area (Å²) in [6.45, 7) is 0.478. The summed E-state index contributed by atoms with van der Waals surface area (Å²) in [6, 6.07) is 19.3. The van der Waals surface area contributed by atoms with E-state index in [0.717, 1.165) is 35.2 Å². The molecule has 0 aliphatic rings. The number of nitrogens with zero attached hydrogens (tertiary/aromatic N) is 1. The largest absolute Gasteiger partial charge is 0.481 e. The highest BCUT2D eigenvalue weighted by Crippen LogP contribution is 2.32. The van der Waals surface area contributed by atoms with E-state index < -0.39 is 5.97 Å². The van der Waals surface area contributed by atoms with E-state index in [-0.39, 0.29) is 6.42 Å². The molecule has 3 aromatic rings. The number of pyridine rings is 1. The number of hydrogen-bond donors (Lipinski definition) is 1. The number of carboxylic acid groups (broad SMARTS) is 1. The molecule has 0 spiro atoms. The fraction of sp³-hybridized carbons (Fsp3) is 0.217. The first-order valence-electron chi connectivity index (χ1n) is 9.40. The lowest BCUT2D eigenvalue weighted by atomic mass is 10.0. The van der Waals surface area contributed by atoms with Crippen molar-refractivity contribution in [3.05, 3.63) is 70.7 Å². The molecule has 29 heavy (non-hydrogen) atoms. The van der Waals surface area contributed by atoms with Crippen LogP contribution < -0.4 is 4.74 Å². The fourth-order valence-corrected chi connectivity index (χ4v) is 3.21. The van der Waals surface area contributed by atoms with Crippen molar-refractivity contribution >= 4 is 29.2 Å². The second-order valence-corrected chi connectivity index (χ2v) is 7.44. The number of rotatable bonds is 9. The van der Waals surface area contributed by atoms with Gasteiger partial charge in [0, 0.05) is 18.1 Å². The summed E-state index contributed by atoms with van der Waals surface area (Å²) in [5, 5.41) is 9.70. The number of aromatic nitrogens is 1. The third-order valence-corrected chi connectivity index (χ3v) is 5.15. The standard InChI is InChI=1S/C23H21Cl2NO3/c24-19-11-10-17(13-20(19)25)18-14-21(16-7-3-1-4-8-16)26-22(15-18)29-12-6-2-5-9-23(27)28/h1,3-4,7-8,10-11,13-15H,2,5-6,9,12H2,(H,27,28). The number of benzene rings is 2. The molecule has 0 fully saturated rings. The smallest absolute Gasteiger partial charge is 0.303 e. The molecule has 1 aromatic heterocycles. The van der Waals surface area contributed by atoms with Crippen LogP contribution in [0.4, 0.5) is 0 Å². The van der Waals surface area contributed by atoms with E-state index in [9.17, 15) is 4.79 Å². The third kappa shape index (κ3) is 6.21. The molecule has 0 aliphatic carbocycles. The maximum atomic E-state index is 10.6. The van der Waals surface area contributed by atoms with Gasteiger partial charge in [0.15, 0.2) is 0 Å². The lowest BCUT2D eigenvalue weighted by Crippen LogP contribution is -2.01. The van der Waals surface area contributed by atoms with Crippen LogP contribution in [0.5, 0.6) is 5.88 Å². The van der Waals surface area contributed by atoms with Gasteiger partial charge in [-0.25, -0.2) is 4.98 Å². The molecule has 6 heteroatoms.